The number of rotatable bonds is 6. The maximum Gasteiger partial charge on any atom is 0.269 e. The van der Waals surface area contributed by atoms with E-state index in [0.29, 0.717) is 6.54 Å². The molecule has 0 bridgehead atoms. The second kappa shape index (κ2) is 6.27. The Hall–Kier alpha value is -1.73. The summed E-state index contributed by atoms with van der Waals surface area (Å²) in [6.07, 6.45) is 3.41. The van der Waals surface area contributed by atoms with Crippen LogP contribution in [0, 0.1) is 0 Å². The summed E-state index contributed by atoms with van der Waals surface area (Å²) in [6.45, 7) is 2.07. The first kappa shape index (κ1) is 12.7. The summed E-state index contributed by atoms with van der Waals surface area (Å²) in [5.74, 6) is 0. The number of likely N-dealkylation sites (N-methyl/N-ethyl adjacent to an activating group) is 1. The van der Waals surface area contributed by atoms with Crippen molar-refractivity contribution in [3.63, 3.8) is 0 Å². The summed E-state index contributed by atoms with van der Waals surface area (Å²) in [5.41, 5.74) is 2.38. The van der Waals surface area contributed by atoms with Gasteiger partial charge in [0.2, 0.25) is 0 Å². The lowest BCUT2D eigenvalue weighted by atomic mass is 10.4. The third kappa shape index (κ3) is 3.38. The molecule has 0 atom stereocenters. The third-order valence-corrected chi connectivity index (χ3v) is 3.13. The Morgan fingerprint density at radius 3 is 2.94 bits per heavy atom. The third-order valence-electron chi connectivity index (χ3n) is 2.36. The molecule has 0 spiro atoms. The Morgan fingerprint density at radius 2 is 2.28 bits per heavy atom. The summed E-state index contributed by atoms with van der Waals surface area (Å²) < 4.78 is 1.43. The Bertz CT molecular complexity index is 537. The zero-order chi connectivity index (χ0) is 12.8. The van der Waals surface area contributed by atoms with Crippen LogP contribution in [0.4, 0.5) is 5.69 Å². The molecule has 2 N–H and O–H groups in total. The highest BCUT2D eigenvalue weighted by Gasteiger charge is 2.02. The smallest absolute Gasteiger partial charge is 0.269 e. The van der Waals surface area contributed by atoms with E-state index in [2.05, 4.69) is 20.7 Å². The van der Waals surface area contributed by atoms with Crippen molar-refractivity contribution in [2.24, 2.45) is 0 Å². The van der Waals surface area contributed by atoms with Gasteiger partial charge in [-0.15, -0.1) is 11.3 Å². The second-order valence-electron chi connectivity index (χ2n) is 3.74. The average Bonchev–Trinajstić information content (AvgIpc) is 2.86. The van der Waals surface area contributed by atoms with Crippen molar-refractivity contribution in [3.8, 4) is 0 Å². The number of hydrogen-bond donors (Lipinski definition) is 2. The minimum absolute atomic E-state index is 0.113. The molecule has 96 valence electrons. The lowest BCUT2D eigenvalue weighted by Gasteiger charge is -2.07. The molecular weight excluding hydrogens is 250 g/mol. The normalized spacial score (nSPS) is 10.5. The molecule has 2 aromatic heterocycles. The Balaban J connectivity index is 2.03. The van der Waals surface area contributed by atoms with Crippen LogP contribution in [0.15, 0.2) is 28.8 Å². The fraction of sp³-hybridized carbons (Fsp3) is 0.364. The van der Waals surface area contributed by atoms with Gasteiger partial charge in [0.1, 0.15) is 0 Å². The summed E-state index contributed by atoms with van der Waals surface area (Å²) in [7, 11) is 1.88. The van der Waals surface area contributed by atoms with Crippen LogP contribution in [-0.4, -0.2) is 34.9 Å². The molecule has 0 saturated carbocycles. The molecule has 0 amide bonds. The van der Waals surface area contributed by atoms with Crippen molar-refractivity contribution in [1.29, 1.82) is 0 Å². The van der Waals surface area contributed by atoms with E-state index in [1.807, 2.05) is 7.05 Å². The molecule has 2 rings (SSSR count). The van der Waals surface area contributed by atoms with Gasteiger partial charge in [-0.2, -0.15) is 5.10 Å². The molecule has 0 aliphatic carbocycles. The first-order chi connectivity index (χ1) is 8.79. The number of aromatic nitrogens is 3. The van der Waals surface area contributed by atoms with Crippen LogP contribution in [0.5, 0.6) is 0 Å². The molecule has 0 saturated heterocycles. The molecular formula is C11H15N5OS. The molecule has 0 aliphatic rings. The van der Waals surface area contributed by atoms with Gasteiger partial charge in [0.25, 0.3) is 5.56 Å². The molecule has 2 aromatic rings. The van der Waals surface area contributed by atoms with Crippen LogP contribution in [0.25, 0.3) is 0 Å². The van der Waals surface area contributed by atoms with E-state index in [9.17, 15) is 4.79 Å². The zero-order valence-electron chi connectivity index (χ0n) is 10.1. The van der Waals surface area contributed by atoms with Gasteiger partial charge in [0.05, 0.1) is 23.9 Å². The monoisotopic (exact) mass is 265 g/mol. The summed E-state index contributed by atoms with van der Waals surface area (Å²) >= 11 is 1.51. The zero-order valence-corrected chi connectivity index (χ0v) is 10.9. The Kier molecular flexibility index (Phi) is 4.43. The van der Waals surface area contributed by atoms with E-state index in [-0.39, 0.29) is 5.56 Å². The van der Waals surface area contributed by atoms with Crippen molar-refractivity contribution in [2.45, 2.75) is 6.54 Å². The van der Waals surface area contributed by atoms with Crippen LogP contribution in [0.2, 0.25) is 0 Å². The van der Waals surface area contributed by atoms with Gasteiger partial charge >= 0.3 is 0 Å². The van der Waals surface area contributed by atoms with Crippen LogP contribution >= 0.6 is 11.3 Å². The van der Waals surface area contributed by atoms with Gasteiger partial charge in [-0.1, -0.05) is 0 Å². The van der Waals surface area contributed by atoms with Crippen LogP contribution < -0.4 is 16.2 Å². The van der Waals surface area contributed by atoms with Gasteiger partial charge in [-0.25, -0.2) is 4.68 Å². The quantitative estimate of drug-likeness (QED) is 0.739. The summed E-state index contributed by atoms with van der Waals surface area (Å²) in [4.78, 5) is 16.8. The Labute approximate surface area is 109 Å². The molecule has 18 heavy (non-hydrogen) atoms. The van der Waals surface area contributed by atoms with E-state index >= 15 is 0 Å². The van der Waals surface area contributed by atoms with Crippen molar-refractivity contribution >= 4 is 17.0 Å². The van der Waals surface area contributed by atoms with E-state index < -0.39 is 0 Å². The van der Waals surface area contributed by atoms with E-state index in [1.54, 1.807) is 24.0 Å². The molecule has 0 radical (unpaired) electrons. The van der Waals surface area contributed by atoms with Gasteiger partial charge in [0, 0.05) is 30.2 Å². The molecule has 0 aliphatic heterocycles. The van der Waals surface area contributed by atoms with Gasteiger partial charge in [0.15, 0.2) is 0 Å². The highest BCUT2D eigenvalue weighted by Crippen LogP contribution is 2.06. The largest absolute Gasteiger partial charge is 0.382 e. The van der Waals surface area contributed by atoms with Crippen LogP contribution in [-0.2, 0) is 6.54 Å². The van der Waals surface area contributed by atoms with Crippen molar-refractivity contribution < 1.29 is 0 Å². The van der Waals surface area contributed by atoms with Crippen LogP contribution in [0.1, 0.15) is 4.88 Å². The predicted octanol–water partition coefficient (Wildman–Crippen LogP) is 0.379. The van der Waals surface area contributed by atoms with Crippen molar-refractivity contribution in [2.75, 3.05) is 25.5 Å². The fourth-order valence-corrected chi connectivity index (χ4v) is 2.02. The number of nitrogens with zero attached hydrogens (tertiary/aromatic N) is 3. The van der Waals surface area contributed by atoms with Crippen molar-refractivity contribution in [1.82, 2.24) is 20.1 Å². The molecule has 6 nitrogen and oxygen atoms in total. The van der Waals surface area contributed by atoms with Gasteiger partial charge in [-0.05, 0) is 7.05 Å². The highest BCUT2D eigenvalue weighted by atomic mass is 32.1. The maximum absolute atomic E-state index is 11.8. The standard InChI is InChI=1S/C11H15N5OS/c1-12-2-3-14-9-4-11(17)16(15-5-9)7-10-6-13-8-18-10/h4-6,8,12,14H,2-3,7H2,1H3. The summed E-state index contributed by atoms with van der Waals surface area (Å²) in [5, 5.41) is 10.3. The topological polar surface area (TPSA) is 71.8 Å². The van der Waals surface area contributed by atoms with Crippen LogP contribution in [0.3, 0.4) is 0 Å². The number of nitrogens with one attached hydrogen (secondary N) is 2. The Morgan fingerprint density at radius 1 is 1.39 bits per heavy atom. The molecule has 0 aromatic carbocycles. The van der Waals surface area contributed by atoms with Gasteiger partial charge in [-0.3, -0.25) is 9.78 Å². The lowest BCUT2D eigenvalue weighted by molar-refractivity contribution is 0.645. The van der Waals surface area contributed by atoms with E-state index in [1.165, 1.54) is 16.0 Å². The van der Waals surface area contributed by atoms with E-state index in [4.69, 9.17) is 0 Å². The molecule has 2 heterocycles. The second-order valence-corrected chi connectivity index (χ2v) is 4.71. The van der Waals surface area contributed by atoms with Crippen molar-refractivity contribution in [3.05, 3.63) is 39.2 Å². The fourth-order valence-electron chi connectivity index (χ4n) is 1.45. The number of hydrogen-bond acceptors (Lipinski definition) is 6. The molecule has 0 fully saturated rings. The SMILES string of the molecule is CNCCNc1cnn(Cc2cncs2)c(=O)c1. The number of thiazole rings is 1. The highest BCUT2D eigenvalue weighted by molar-refractivity contribution is 7.09. The first-order valence-corrected chi connectivity index (χ1v) is 6.50. The lowest BCUT2D eigenvalue weighted by Crippen LogP contribution is -2.24. The number of anilines is 1. The predicted molar refractivity (Wildman–Crippen MR) is 72.1 cm³/mol. The first-order valence-electron chi connectivity index (χ1n) is 5.62. The maximum atomic E-state index is 11.8. The van der Waals surface area contributed by atoms with Gasteiger partial charge < -0.3 is 10.6 Å². The average molecular weight is 265 g/mol. The summed E-state index contributed by atoms with van der Waals surface area (Å²) in [6, 6.07) is 1.56. The molecule has 0 unspecified atom stereocenters. The minimum Gasteiger partial charge on any atom is -0.382 e. The molecule has 7 heteroatoms. The van der Waals surface area contributed by atoms with E-state index in [0.717, 1.165) is 23.7 Å². The minimum atomic E-state index is -0.113.